The van der Waals surface area contributed by atoms with Crippen LogP contribution >= 0.6 is 0 Å². The molecule has 1 atom stereocenters. The van der Waals surface area contributed by atoms with Crippen molar-refractivity contribution in [2.45, 2.75) is 6.54 Å². The van der Waals surface area contributed by atoms with Gasteiger partial charge in [0.25, 0.3) is 0 Å². The molecule has 1 heterocycles. The molecule has 0 bridgehead atoms. The van der Waals surface area contributed by atoms with E-state index < -0.39 is 5.97 Å². The third-order valence-corrected chi connectivity index (χ3v) is 2.39. The number of nitrogens with one attached hydrogen (secondary N) is 1. The second-order valence-corrected chi connectivity index (χ2v) is 3.87. The molecule has 1 aliphatic heterocycles. The molecule has 1 aromatic rings. The van der Waals surface area contributed by atoms with Gasteiger partial charge in [-0.2, -0.15) is 0 Å². The van der Waals surface area contributed by atoms with Crippen LogP contribution in [-0.2, 0) is 11.3 Å². The van der Waals surface area contributed by atoms with Gasteiger partial charge in [-0.1, -0.05) is 0 Å². The Kier molecular flexibility index (Phi) is 2.96. The lowest BCUT2D eigenvalue weighted by Crippen LogP contribution is -3.09. The number of rotatable bonds is 4. The lowest BCUT2D eigenvalue weighted by molar-refractivity contribution is -0.887. The predicted molar refractivity (Wildman–Crippen MR) is 53.0 cm³/mol. The first-order valence-corrected chi connectivity index (χ1v) is 5.05. The summed E-state index contributed by atoms with van der Waals surface area (Å²) in [5.41, 5.74) is 1.02. The van der Waals surface area contributed by atoms with Gasteiger partial charge < -0.3 is 24.3 Å². The summed E-state index contributed by atoms with van der Waals surface area (Å²) < 4.78 is 10.4. The molecule has 1 aromatic carbocycles. The number of hydrogen-bond donors (Lipinski definition) is 1. The molecule has 1 aliphatic rings. The van der Waals surface area contributed by atoms with Gasteiger partial charge in [-0.05, 0) is 18.2 Å². The third-order valence-electron chi connectivity index (χ3n) is 2.39. The number of likely N-dealkylation sites (N-methyl/N-ethyl adjacent to an activating group) is 1. The van der Waals surface area contributed by atoms with Crippen molar-refractivity contribution in [3.05, 3.63) is 23.8 Å². The maximum absolute atomic E-state index is 10.4. The molecule has 1 unspecified atom stereocenters. The van der Waals surface area contributed by atoms with E-state index in [-0.39, 0.29) is 13.3 Å². The first-order chi connectivity index (χ1) is 7.65. The Labute approximate surface area is 93.2 Å². The van der Waals surface area contributed by atoms with Crippen LogP contribution in [0.15, 0.2) is 18.2 Å². The molecule has 5 nitrogen and oxygen atoms in total. The highest BCUT2D eigenvalue weighted by molar-refractivity contribution is 5.65. The molecular formula is C11H13NO4. The molecule has 0 spiro atoms. The van der Waals surface area contributed by atoms with Crippen molar-refractivity contribution in [2.24, 2.45) is 0 Å². The van der Waals surface area contributed by atoms with Gasteiger partial charge in [-0.3, -0.25) is 0 Å². The van der Waals surface area contributed by atoms with Crippen molar-refractivity contribution in [1.82, 2.24) is 0 Å². The van der Waals surface area contributed by atoms with E-state index in [0.717, 1.165) is 22.0 Å². The fraction of sp³-hybridized carbons (Fsp3) is 0.364. The number of fused-ring (bicyclic) bond motifs is 1. The highest BCUT2D eigenvalue weighted by atomic mass is 16.7. The van der Waals surface area contributed by atoms with E-state index in [1.54, 1.807) is 7.05 Å². The molecular weight excluding hydrogens is 210 g/mol. The van der Waals surface area contributed by atoms with Crippen molar-refractivity contribution < 1.29 is 24.3 Å². The fourth-order valence-corrected chi connectivity index (χ4v) is 1.71. The summed E-state index contributed by atoms with van der Waals surface area (Å²) in [6.45, 7) is 0.861. The predicted octanol–water partition coefficient (Wildman–Crippen LogP) is -1.82. The van der Waals surface area contributed by atoms with Crippen molar-refractivity contribution in [3.8, 4) is 11.5 Å². The number of carboxylic acids is 1. The second-order valence-electron chi connectivity index (χ2n) is 3.87. The summed E-state index contributed by atoms with van der Waals surface area (Å²) in [6, 6.07) is 5.62. The van der Waals surface area contributed by atoms with E-state index in [1.165, 1.54) is 0 Å². The number of ether oxygens (including phenoxy) is 2. The molecule has 2 rings (SSSR count). The van der Waals surface area contributed by atoms with Crippen molar-refractivity contribution >= 4 is 5.97 Å². The second kappa shape index (κ2) is 4.40. The summed E-state index contributed by atoms with van der Waals surface area (Å²) in [5.74, 6) is 0.415. The normalized spacial score (nSPS) is 14.8. The Bertz CT molecular complexity index is 405. The van der Waals surface area contributed by atoms with E-state index >= 15 is 0 Å². The Balaban J connectivity index is 2.02. The SMILES string of the molecule is C[NH+](CC(=O)[O-])Cc1ccc2c(c1)OCO2. The Morgan fingerprint density at radius 2 is 2.19 bits per heavy atom. The molecule has 0 radical (unpaired) electrons. The molecule has 0 amide bonds. The molecule has 86 valence electrons. The third kappa shape index (κ3) is 2.43. The van der Waals surface area contributed by atoms with E-state index in [9.17, 15) is 9.90 Å². The smallest absolute Gasteiger partial charge is 0.231 e. The minimum atomic E-state index is -1.04. The van der Waals surface area contributed by atoms with Crippen LogP contribution in [0.2, 0.25) is 0 Å². The molecule has 0 fully saturated rings. The first kappa shape index (κ1) is 10.8. The summed E-state index contributed by atoms with van der Waals surface area (Å²) >= 11 is 0. The zero-order valence-corrected chi connectivity index (χ0v) is 8.99. The van der Waals surface area contributed by atoms with Crippen molar-refractivity contribution in [2.75, 3.05) is 20.4 Å². The largest absolute Gasteiger partial charge is 0.544 e. The van der Waals surface area contributed by atoms with Crippen LogP contribution < -0.4 is 19.5 Å². The lowest BCUT2D eigenvalue weighted by Gasteiger charge is -2.14. The minimum absolute atomic E-state index is 0.00551. The quantitative estimate of drug-likeness (QED) is 0.653. The van der Waals surface area contributed by atoms with Crippen LogP contribution in [0.4, 0.5) is 0 Å². The standard InChI is InChI=1S/C11H13NO4/c1-12(6-11(13)14)5-8-2-3-9-10(4-8)16-7-15-9/h2-4H,5-7H2,1H3,(H,13,14). The van der Waals surface area contributed by atoms with Gasteiger partial charge in [0, 0.05) is 5.56 Å². The van der Waals surface area contributed by atoms with Crippen LogP contribution in [0.3, 0.4) is 0 Å². The average molecular weight is 223 g/mol. The Morgan fingerprint density at radius 3 is 2.94 bits per heavy atom. The van der Waals surface area contributed by atoms with E-state index in [0.29, 0.717) is 6.54 Å². The summed E-state index contributed by atoms with van der Waals surface area (Å²) in [5, 5.41) is 10.4. The van der Waals surface area contributed by atoms with E-state index in [4.69, 9.17) is 9.47 Å². The molecule has 0 aromatic heterocycles. The number of carbonyl (C=O) groups excluding carboxylic acids is 1. The zero-order valence-electron chi connectivity index (χ0n) is 8.99. The van der Waals surface area contributed by atoms with Gasteiger partial charge in [0.05, 0.1) is 13.0 Å². The Morgan fingerprint density at radius 1 is 1.44 bits per heavy atom. The van der Waals surface area contributed by atoms with Crippen molar-refractivity contribution in [1.29, 1.82) is 0 Å². The van der Waals surface area contributed by atoms with Crippen LogP contribution in [0.1, 0.15) is 5.56 Å². The summed E-state index contributed by atoms with van der Waals surface area (Å²) in [7, 11) is 1.81. The maximum atomic E-state index is 10.4. The van der Waals surface area contributed by atoms with Crippen LogP contribution in [0.25, 0.3) is 0 Å². The molecule has 0 saturated heterocycles. The number of quaternary nitrogens is 1. The Hall–Kier alpha value is -1.75. The lowest BCUT2D eigenvalue weighted by atomic mass is 10.2. The highest BCUT2D eigenvalue weighted by Gasteiger charge is 2.14. The molecule has 0 saturated carbocycles. The zero-order chi connectivity index (χ0) is 11.5. The molecule has 1 N–H and O–H groups in total. The van der Waals surface area contributed by atoms with Crippen LogP contribution in [0.5, 0.6) is 11.5 Å². The van der Waals surface area contributed by atoms with Gasteiger partial charge >= 0.3 is 0 Å². The number of benzene rings is 1. The molecule has 5 heteroatoms. The maximum Gasteiger partial charge on any atom is 0.231 e. The van der Waals surface area contributed by atoms with Gasteiger partial charge in [0.1, 0.15) is 13.1 Å². The van der Waals surface area contributed by atoms with Gasteiger partial charge in [-0.25, -0.2) is 0 Å². The average Bonchev–Trinajstić information content (AvgIpc) is 2.63. The first-order valence-electron chi connectivity index (χ1n) is 5.05. The van der Waals surface area contributed by atoms with Crippen molar-refractivity contribution in [3.63, 3.8) is 0 Å². The minimum Gasteiger partial charge on any atom is -0.544 e. The van der Waals surface area contributed by atoms with E-state index in [1.807, 2.05) is 18.2 Å². The van der Waals surface area contributed by atoms with Gasteiger partial charge in [0.2, 0.25) is 6.79 Å². The molecule has 0 aliphatic carbocycles. The summed E-state index contributed by atoms with van der Waals surface area (Å²) in [6.07, 6.45) is 0. The highest BCUT2D eigenvalue weighted by Crippen LogP contribution is 2.32. The topological polar surface area (TPSA) is 63.0 Å². The number of aliphatic carboxylic acids is 1. The monoisotopic (exact) mass is 223 g/mol. The van der Waals surface area contributed by atoms with Crippen LogP contribution in [0, 0.1) is 0 Å². The van der Waals surface area contributed by atoms with E-state index in [2.05, 4.69) is 0 Å². The number of carbonyl (C=O) groups is 1. The van der Waals surface area contributed by atoms with Gasteiger partial charge in [-0.15, -0.1) is 0 Å². The van der Waals surface area contributed by atoms with Gasteiger partial charge in [0.15, 0.2) is 11.5 Å². The number of carboxylic acid groups (broad SMARTS) is 1. The molecule has 16 heavy (non-hydrogen) atoms. The van der Waals surface area contributed by atoms with Crippen LogP contribution in [-0.4, -0.2) is 26.4 Å². The number of hydrogen-bond acceptors (Lipinski definition) is 4. The summed E-state index contributed by atoms with van der Waals surface area (Å²) in [4.78, 5) is 11.3. The fourth-order valence-electron chi connectivity index (χ4n) is 1.71.